The lowest BCUT2D eigenvalue weighted by molar-refractivity contribution is 0.119. The number of rotatable bonds is 1. The summed E-state index contributed by atoms with van der Waals surface area (Å²) in [6, 6.07) is 0.568. The maximum atomic E-state index is 5.59. The zero-order valence-corrected chi connectivity index (χ0v) is 8.88. The number of piperazine rings is 1. The van der Waals surface area contributed by atoms with Crippen LogP contribution in [-0.4, -0.2) is 56.1 Å². The summed E-state index contributed by atoms with van der Waals surface area (Å²) >= 11 is 0. The molecular formula is C9H23N3. The third kappa shape index (κ3) is 3.52. The van der Waals surface area contributed by atoms with Gasteiger partial charge >= 0.3 is 0 Å². The van der Waals surface area contributed by atoms with E-state index in [1.54, 1.807) is 0 Å². The first-order valence-corrected chi connectivity index (χ1v) is 4.83. The molecule has 0 aliphatic carbocycles. The summed E-state index contributed by atoms with van der Waals surface area (Å²) in [6.07, 6.45) is 0. The molecule has 1 fully saturated rings. The molecule has 3 heteroatoms. The molecule has 0 spiro atoms. The number of hydrogen-bond acceptors (Lipinski definition) is 3. The molecule has 1 rings (SSSR count). The zero-order chi connectivity index (χ0) is 9.56. The predicted octanol–water partition coefficient (Wildman–Crippen LogP) is 0.217. The van der Waals surface area contributed by atoms with Gasteiger partial charge in [0, 0.05) is 32.2 Å². The quantitative estimate of drug-likeness (QED) is 0.615. The van der Waals surface area contributed by atoms with Crippen LogP contribution in [0.4, 0.5) is 0 Å². The highest BCUT2D eigenvalue weighted by Gasteiger charge is 2.19. The Morgan fingerprint density at radius 1 is 1.25 bits per heavy atom. The van der Waals surface area contributed by atoms with Crippen LogP contribution in [0.2, 0.25) is 0 Å². The van der Waals surface area contributed by atoms with Gasteiger partial charge in [-0.2, -0.15) is 0 Å². The van der Waals surface area contributed by atoms with Gasteiger partial charge in [0.25, 0.3) is 0 Å². The minimum atomic E-state index is 0.568. The van der Waals surface area contributed by atoms with Gasteiger partial charge in [-0.05, 0) is 14.1 Å². The van der Waals surface area contributed by atoms with Gasteiger partial charge in [0.15, 0.2) is 0 Å². The van der Waals surface area contributed by atoms with Gasteiger partial charge in [-0.15, -0.1) is 0 Å². The topological polar surface area (TPSA) is 32.5 Å². The molecule has 0 amide bonds. The van der Waals surface area contributed by atoms with Crippen LogP contribution in [-0.2, 0) is 0 Å². The van der Waals surface area contributed by atoms with Crippen LogP contribution >= 0.6 is 0 Å². The molecule has 1 aliphatic heterocycles. The Kier molecular flexibility index (Phi) is 6.34. The SMILES string of the molecule is CC.CN1CCN(C)C(CN)C1. The van der Waals surface area contributed by atoms with E-state index in [-0.39, 0.29) is 0 Å². The number of hydrogen-bond donors (Lipinski definition) is 1. The normalized spacial score (nSPS) is 26.2. The van der Waals surface area contributed by atoms with Gasteiger partial charge in [0.05, 0.1) is 0 Å². The summed E-state index contributed by atoms with van der Waals surface area (Å²) < 4.78 is 0. The minimum Gasteiger partial charge on any atom is -0.329 e. The lowest BCUT2D eigenvalue weighted by atomic mass is 10.2. The second kappa shape index (κ2) is 6.40. The van der Waals surface area contributed by atoms with Crippen LogP contribution in [0.15, 0.2) is 0 Å². The third-order valence-electron chi connectivity index (χ3n) is 2.25. The van der Waals surface area contributed by atoms with E-state index in [0.717, 1.165) is 19.6 Å². The van der Waals surface area contributed by atoms with Crippen molar-refractivity contribution in [1.29, 1.82) is 0 Å². The third-order valence-corrected chi connectivity index (χ3v) is 2.25. The summed E-state index contributed by atoms with van der Waals surface area (Å²) in [4.78, 5) is 4.66. The van der Waals surface area contributed by atoms with Crippen molar-refractivity contribution in [1.82, 2.24) is 9.80 Å². The van der Waals surface area contributed by atoms with E-state index in [2.05, 4.69) is 23.9 Å². The lowest BCUT2D eigenvalue weighted by Crippen LogP contribution is -2.52. The summed E-state index contributed by atoms with van der Waals surface area (Å²) in [6.45, 7) is 8.22. The maximum absolute atomic E-state index is 5.59. The van der Waals surface area contributed by atoms with E-state index in [0.29, 0.717) is 6.04 Å². The van der Waals surface area contributed by atoms with Gasteiger partial charge in [-0.1, -0.05) is 13.8 Å². The average Bonchev–Trinajstić information content (AvgIpc) is 2.13. The van der Waals surface area contributed by atoms with Crippen molar-refractivity contribution in [2.75, 3.05) is 40.3 Å². The Bertz CT molecular complexity index is 106. The van der Waals surface area contributed by atoms with E-state index >= 15 is 0 Å². The molecule has 0 bridgehead atoms. The van der Waals surface area contributed by atoms with Crippen molar-refractivity contribution < 1.29 is 0 Å². The summed E-state index contributed by atoms with van der Waals surface area (Å²) in [5.74, 6) is 0. The molecule has 3 nitrogen and oxygen atoms in total. The van der Waals surface area contributed by atoms with Crippen LogP contribution < -0.4 is 5.73 Å². The zero-order valence-electron chi connectivity index (χ0n) is 8.88. The molecule has 0 radical (unpaired) electrons. The second-order valence-corrected chi connectivity index (χ2v) is 3.13. The first-order valence-electron chi connectivity index (χ1n) is 4.83. The molecule has 1 unspecified atom stereocenters. The summed E-state index contributed by atoms with van der Waals surface area (Å²) in [5.41, 5.74) is 5.59. The number of nitrogens with zero attached hydrogens (tertiary/aromatic N) is 2. The molecule has 0 saturated carbocycles. The van der Waals surface area contributed by atoms with Crippen molar-refractivity contribution in [3.63, 3.8) is 0 Å². The number of likely N-dealkylation sites (N-methyl/N-ethyl adjacent to an activating group) is 2. The molecule has 1 heterocycles. The molecule has 1 atom stereocenters. The average molecular weight is 173 g/mol. The maximum Gasteiger partial charge on any atom is 0.0343 e. The van der Waals surface area contributed by atoms with E-state index < -0.39 is 0 Å². The molecule has 1 saturated heterocycles. The Morgan fingerprint density at radius 3 is 2.25 bits per heavy atom. The molecule has 0 aromatic rings. The van der Waals surface area contributed by atoms with Crippen LogP contribution in [0.5, 0.6) is 0 Å². The van der Waals surface area contributed by atoms with Crippen LogP contribution in [0.1, 0.15) is 13.8 Å². The Labute approximate surface area is 76.5 Å². The standard InChI is InChI=1S/C7H17N3.C2H6/c1-9-3-4-10(2)7(5-8)6-9;1-2/h7H,3-6,8H2,1-2H3;1-2H3. The minimum absolute atomic E-state index is 0.568. The smallest absolute Gasteiger partial charge is 0.0343 e. The fourth-order valence-electron chi connectivity index (χ4n) is 1.36. The highest BCUT2D eigenvalue weighted by molar-refractivity contribution is 4.78. The lowest BCUT2D eigenvalue weighted by Gasteiger charge is -2.36. The molecule has 2 N–H and O–H groups in total. The molecule has 12 heavy (non-hydrogen) atoms. The van der Waals surface area contributed by atoms with E-state index in [1.165, 1.54) is 6.54 Å². The van der Waals surface area contributed by atoms with Gasteiger partial charge in [0.2, 0.25) is 0 Å². The molecule has 1 aliphatic rings. The van der Waals surface area contributed by atoms with Crippen LogP contribution in [0, 0.1) is 0 Å². The summed E-state index contributed by atoms with van der Waals surface area (Å²) in [7, 11) is 4.29. The van der Waals surface area contributed by atoms with Crippen molar-refractivity contribution in [3.05, 3.63) is 0 Å². The van der Waals surface area contributed by atoms with Gasteiger partial charge < -0.3 is 10.6 Å². The Hall–Kier alpha value is -0.120. The molecule has 0 aromatic heterocycles. The van der Waals surface area contributed by atoms with E-state index in [9.17, 15) is 0 Å². The van der Waals surface area contributed by atoms with Gasteiger partial charge in [0.1, 0.15) is 0 Å². The van der Waals surface area contributed by atoms with E-state index in [4.69, 9.17) is 5.73 Å². The van der Waals surface area contributed by atoms with Crippen molar-refractivity contribution in [2.45, 2.75) is 19.9 Å². The van der Waals surface area contributed by atoms with Crippen LogP contribution in [0.3, 0.4) is 0 Å². The molecule has 74 valence electrons. The first kappa shape index (κ1) is 11.9. The highest BCUT2D eigenvalue weighted by Crippen LogP contribution is 2.03. The fraction of sp³-hybridized carbons (Fsp3) is 1.00. The van der Waals surface area contributed by atoms with E-state index in [1.807, 2.05) is 13.8 Å². The molecular weight excluding hydrogens is 150 g/mol. The monoisotopic (exact) mass is 173 g/mol. The van der Waals surface area contributed by atoms with Gasteiger partial charge in [-0.3, -0.25) is 4.90 Å². The highest BCUT2D eigenvalue weighted by atomic mass is 15.3. The van der Waals surface area contributed by atoms with Crippen molar-refractivity contribution in [2.24, 2.45) is 5.73 Å². The van der Waals surface area contributed by atoms with Crippen molar-refractivity contribution >= 4 is 0 Å². The number of nitrogens with two attached hydrogens (primary N) is 1. The predicted molar refractivity (Wildman–Crippen MR) is 54.3 cm³/mol. The Morgan fingerprint density at radius 2 is 1.83 bits per heavy atom. The van der Waals surface area contributed by atoms with Crippen molar-refractivity contribution in [3.8, 4) is 0 Å². The summed E-state index contributed by atoms with van der Waals surface area (Å²) in [5, 5.41) is 0. The second-order valence-electron chi connectivity index (χ2n) is 3.13. The largest absolute Gasteiger partial charge is 0.329 e. The van der Waals surface area contributed by atoms with Crippen LogP contribution in [0.25, 0.3) is 0 Å². The Balaban J connectivity index is 0.000000561. The first-order chi connectivity index (χ1) is 5.74. The van der Waals surface area contributed by atoms with Gasteiger partial charge in [-0.25, -0.2) is 0 Å². The fourth-order valence-corrected chi connectivity index (χ4v) is 1.36. The molecule has 0 aromatic carbocycles.